The molecule has 1 aromatic carbocycles. The highest BCUT2D eigenvalue weighted by Crippen LogP contribution is 2.32. The summed E-state index contributed by atoms with van der Waals surface area (Å²) in [5.41, 5.74) is 1.95. The van der Waals surface area contributed by atoms with E-state index < -0.39 is 0 Å². The highest BCUT2D eigenvalue weighted by molar-refractivity contribution is 5.73. The first-order valence-electron chi connectivity index (χ1n) is 7.74. The fourth-order valence-electron chi connectivity index (χ4n) is 2.68. The van der Waals surface area contributed by atoms with Crippen LogP contribution in [0.3, 0.4) is 0 Å². The summed E-state index contributed by atoms with van der Waals surface area (Å²) in [5.74, 6) is 1.90. The molecule has 1 atom stereocenters. The minimum atomic E-state index is -0.190. The van der Waals surface area contributed by atoms with Gasteiger partial charge in [-0.2, -0.15) is 0 Å². The van der Waals surface area contributed by atoms with Gasteiger partial charge in [-0.25, -0.2) is 14.8 Å². The van der Waals surface area contributed by atoms with Crippen LogP contribution in [0.4, 0.5) is 4.79 Å². The molecule has 0 radical (unpaired) electrons. The Morgan fingerprint density at radius 2 is 2.17 bits per heavy atom. The molecule has 1 aromatic heterocycles. The highest BCUT2D eigenvalue weighted by atomic mass is 16.5. The SMILES string of the molecule is Cc1nccc(CNC(=O)NCC2CCOc3ccccc32)n1. The zero-order chi connectivity index (χ0) is 16.1. The van der Waals surface area contributed by atoms with E-state index in [1.165, 1.54) is 0 Å². The maximum absolute atomic E-state index is 12.0. The van der Waals surface area contributed by atoms with E-state index in [0.717, 1.165) is 23.4 Å². The Hall–Kier alpha value is -2.63. The van der Waals surface area contributed by atoms with Crippen molar-refractivity contribution < 1.29 is 9.53 Å². The molecule has 0 saturated heterocycles. The lowest BCUT2D eigenvalue weighted by atomic mass is 9.93. The van der Waals surface area contributed by atoms with Crippen LogP contribution in [0.1, 0.15) is 29.4 Å². The summed E-state index contributed by atoms with van der Waals surface area (Å²) in [6, 6.07) is 9.59. The van der Waals surface area contributed by atoms with E-state index in [-0.39, 0.29) is 11.9 Å². The van der Waals surface area contributed by atoms with Crippen LogP contribution in [0.15, 0.2) is 36.5 Å². The fraction of sp³-hybridized carbons (Fsp3) is 0.353. The molecule has 0 aliphatic carbocycles. The number of para-hydroxylation sites is 1. The van der Waals surface area contributed by atoms with Crippen molar-refractivity contribution in [3.05, 3.63) is 53.6 Å². The number of hydrogen-bond donors (Lipinski definition) is 2. The van der Waals surface area contributed by atoms with Crippen molar-refractivity contribution in [2.45, 2.75) is 25.8 Å². The minimum Gasteiger partial charge on any atom is -0.493 e. The van der Waals surface area contributed by atoms with Crippen LogP contribution in [0.2, 0.25) is 0 Å². The zero-order valence-corrected chi connectivity index (χ0v) is 13.1. The van der Waals surface area contributed by atoms with Gasteiger partial charge in [0.25, 0.3) is 0 Å². The summed E-state index contributed by atoms with van der Waals surface area (Å²) in [6.45, 7) is 3.49. The number of carbonyl (C=O) groups is 1. The van der Waals surface area contributed by atoms with Crippen LogP contribution >= 0.6 is 0 Å². The van der Waals surface area contributed by atoms with Crippen LogP contribution in [0.25, 0.3) is 0 Å². The van der Waals surface area contributed by atoms with Crippen LogP contribution in [0, 0.1) is 6.92 Å². The van der Waals surface area contributed by atoms with Crippen molar-refractivity contribution in [1.82, 2.24) is 20.6 Å². The van der Waals surface area contributed by atoms with Gasteiger partial charge in [-0.15, -0.1) is 0 Å². The number of rotatable bonds is 4. The number of nitrogens with one attached hydrogen (secondary N) is 2. The second kappa shape index (κ2) is 7.09. The van der Waals surface area contributed by atoms with Crippen LogP contribution in [-0.2, 0) is 6.54 Å². The van der Waals surface area contributed by atoms with E-state index in [1.54, 1.807) is 12.3 Å². The summed E-state index contributed by atoms with van der Waals surface area (Å²) in [4.78, 5) is 20.2. The molecule has 1 aliphatic heterocycles. The Labute approximate surface area is 135 Å². The Kier molecular flexibility index (Phi) is 4.71. The standard InChI is InChI=1S/C17H20N4O2/c1-12-18-8-6-14(21-12)11-20-17(22)19-10-13-7-9-23-16-5-3-2-4-15(13)16/h2-6,8,13H,7,9-11H2,1H3,(H2,19,20,22). The molecule has 6 heteroatoms. The van der Waals surface area contributed by atoms with Gasteiger partial charge >= 0.3 is 6.03 Å². The number of nitrogens with zero attached hydrogens (tertiary/aromatic N) is 2. The quantitative estimate of drug-likeness (QED) is 0.907. The summed E-state index contributed by atoms with van der Waals surface area (Å²) >= 11 is 0. The lowest BCUT2D eigenvalue weighted by molar-refractivity contribution is 0.235. The highest BCUT2D eigenvalue weighted by Gasteiger charge is 2.21. The Bertz CT molecular complexity index is 690. The zero-order valence-electron chi connectivity index (χ0n) is 13.1. The number of ether oxygens (including phenoxy) is 1. The van der Waals surface area contributed by atoms with Crippen molar-refractivity contribution in [3.63, 3.8) is 0 Å². The molecule has 2 amide bonds. The van der Waals surface area contributed by atoms with E-state index in [9.17, 15) is 4.79 Å². The average Bonchev–Trinajstić information content (AvgIpc) is 2.58. The molecular weight excluding hydrogens is 292 g/mol. The second-order valence-corrected chi connectivity index (χ2v) is 5.53. The molecule has 1 aliphatic rings. The topological polar surface area (TPSA) is 76.1 Å². The monoisotopic (exact) mass is 312 g/mol. The van der Waals surface area contributed by atoms with Crippen molar-refractivity contribution in [1.29, 1.82) is 0 Å². The van der Waals surface area contributed by atoms with Gasteiger partial charge in [0, 0.05) is 18.7 Å². The third-order valence-electron chi connectivity index (χ3n) is 3.86. The van der Waals surface area contributed by atoms with Crippen LogP contribution < -0.4 is 15.4 Å². The summed E-state index contributed by atoms with van der Waals surface area (Å²) in [7, 11) is 0. The molecule has 0 saturated carbocycles. The van der Waals surface area contributed by atoms with Gasteiger partial charge in [0.15, 0.2) is 0 Å². The smallest absolute Gasteiger partial charge is 0.315 e. The lowest BCUT2D eigenvalue weighted by Crippen LogP contribution is -2.38. The number of aryl methyl sites for hydroxylation is 1. The molecule has 23 heavy (non-hydrogen) atoms. The molecule has 6 nitrogen and oxygen atoms in total. The number of hydrogen-bond acceptors (Lipinski definition) is 4. The summed E-state index contributed by atoms with van der Waals surface area (Å²) in [6.07, 6.45) is 2.60. The van der Waals surface area contributed by atoms with Gasteiger partial charge < -0.3 is 15.4 Å². The molecule has 2 heterocycles. The predicted molar refractivity (Wildman–Crippen MR) is 86.3 cm³/mol. The molecule has 0 spiro atoms. The average molecular weight is 312 g/mol. The second-order valence-electron chi connectivity index (χ2n) is 5.53. The lowest BCUT2D eigenvalue weighted by Gasteiger charge is -2.26. The van der Waals surface area contributed by atoms with Crippen LogP contribution in [0.5, 0.6) is 5.75 Å². The normalized spacial score (nSPS) is 16.1. The number of carbonyl (C=O) groups excluding carboxylic acids is 1. The summed E-state index contributed by atoms with van der Waals surface area (Å²) < 4.78 is 5.63. The third-order valence-corrected chi connectivity index (χ3v) is 3.86. The Balaban J connectivity index is 1.50. The van der Waals surface area contributed by atoms with Gasteiger partial charge in [-0.05, 0) is 31.0 Å². The molecular formula is C17H20N4O2. The molecule has 2 aromatic rings. The van der Waals surface area contributed by atoms with Gasteiger partial charge in [-0.3, -0.25) is 0 Å². The molecule has 0 bridgehead atoms. The van der Waals surface area contributed by atoms with E-state index in [0.29, 0.717) is 25.5 Å². The summed E-state index contributed by atoms with van der Waals surface area (Å²) in [5, 5.41) is 5.75. The molecule has 2 N–H and O–H groups in total. The molecule has 0 fully saturated rings. The molecule has 120 valence electrons. The largest absolute Gasteiger partial charge is 0.493 e. The van der Waals surface area contributed by atoms with E-state index in [2.05, 4.69) is 26.7 Å². The van der Waals surface area contributed by atoms with Gasteiger partial charge in [0.2, 0.25) is 0 Å². The van der Waals surface area contributed by atoms with Crippen molar-refractivity contribution in [2.24, 2.45) is 0 Å². The molecule has 3 rings (SSSR count). The minimum absolute atomic E-state index is 0.190. The van der Waals surface area contributed by atoms with Crippen molar-refractivity contribution >= 4 is 6.03 Å². The first-order chi connectivity index (χ1) is 11.2. The first-order valence-corrected chi connectivity index (χ1v) is 7.74. The van der Waals surface area contributed by atoms with Crippen LogP contribution in [-0.4, -0.2) is 29.2 Å². The Morgan fingerprint density at radius 3 is 3.04 bits per heavy atom. The predicted octanol–water partition coefficient (Wildman–Crippen LogP) is 2.15. The Morgan fingerprint density at radius 1 is 1.30 bits per heavy atom. The van der Waals surface area contributed by atoms with Gasteiger partial charge in [0.05, 0.1) is 18.8 Å². The van der Waals surface area contributed by atoms with Crippen molar-refractivity contribution in [3.8, 4) is 5.75 Å². The fourth-order valence-corrected chi connectivity index (χ4v) is 2.68. The van der Waals surface area contributed by atoms with E-state index in [4.69, 9.17) is 4.74 Å². The number of fused-ring (bicyclic) bond motifs is 1. The number of benzene rings is 1. The number of amides is 2. The maximum Gasteiger partial charge on any atom is 0.315 e. The third kappa shape index (κ3) is 3.97. The van der Waals surface area contributed by atoms with Gasteiger partial charge in [0.1, 0.15) is 11.6 Å². The number of urea groups is 1. The maximum atomic E-state index is 12.0. The molecule has 1 unspecified atom stereocenters. The van der Waals surface area contributed by atoms with E-state index >= 15 is 0 Å². The first kappa shape index (κ1) is 15.3. The number of aromatic nitrogens is 2. The van der Waals surface area contributed by atoms with Crippen molar-refractivity contribution in [2.75, 3.05) is 13.2 Å². The van der Waals surface area contributed by atoms with E-state index in [1.807, 2.05) is 25.1 Å². The van der Waals surface area contributed by atoms with Gasteiger partial charge in [-0.1, -0.05) is 18.2 Å².